The summed E-state index contributed by atoms with van der Waals surface area (Å²) in [6.07, 6.45) is 2.37. The summed E-state index contributed by atoms with van der Waals surface area (Å²) in [5, 5.41) is 0. The molecule has 39 heavy (non-hydrogen) atoms. The number of nitrogens with zero attached hydrogens (tertiary/aromatic N) is 2. The van der Waals surface area contributed by atoms with E-state index in [0.29, 0.717) is 23.7 Å². The van der Waals surface area contributed by atoms with Gasteiger partial charge in [-0.1, -0.05) is 0 Å². The maximum atomic E-state index is 7.02. The van der Waals surface area contributed by atoms with Gasteiger partial charge in [-0.2, -0.15) is 0 Å². The average Bonchev–Trinajstić information content (AvgIpc) is 2.81. The predicted octanol–water partition coefficient (Wildman–Crippen LogP) is 11.5. The first-order valence-electron chi connectivity index (χ1n) is 14.6. The van der Waals surface area contributed by atoms with Crippen molar-refractivity contribution in [2.75, 3.05) is 3.86 Å². The third-order valence-electron chi connectivity index (χ3n) is 7.28. The van der Waals surface area contributed by atoms with Gasteiger partial charge in [0.15, 0.2) is 0 Å². The van der Waals surface area contributed by atoms with Crippen LogP contribution in [-0.2, 0) is 0 Å². The predicted molar refractivity (Wildman–Crippen MR) is 177 cm³/mol. The van der Waals surface area contributed by atoms with Crippen LogP contribution in [0.2, 0.25) is 0 Å². The van der Waals surface area contributed by atoms with Gasteiger partial charge in [0.1, 0.15) is 0 Å². The number of anilines is 1. The van der Waals surface area contributed by atoms with E-state index < -0.39 is 14.7 Å². The molecule has 0 spiro atoms. The molecular formula is C35H53ClGeN2. The summed E-state index contributed by atoms with van der Waals surface area (Å²) < 4.78 is 2.48. The van der Waals surface area contributed by atoms with Gasteiger partial charge in [-0.05, 0) is 0 Å². The Balaban J connectivity index is 3.00. The molecule has 2 rings (SSSR count). The van der Waals surface area contributed by atoms with Crippen molar-refractivity contribution in [3.8, 4) is 0 Å². The van der Waals surface area contributed by atoms with Crippen molar-refractivity contribution >= 4 is 41.8 Å². The molecule has 2 aromatic carbocycles. The van der Waals surface area contributed by atoms with E-state index in [1.807, 2.05) is 0 Å². The van der Waals surface area contributed by atoms with Gasteiger partial charge in [0.2, 0.25) is 0 Å². The van der Waals surface area contributed by atoms with E-state index in [1.54, 1.807) is 0 Å². The molecule has 0 unspecified atom stereocenters. The molecule has 0 aromatic heterocycles. The quantitative estimate of drug-likeness (QED) is 0.204. The number of rotatable bonds is 9. The zero-order chi connectivity index (χ0) is 29.9. The van der Waals surface area contributed by atoms with E-state index >= 15 is 0 Å². The Labute approximate surface area is 251 Å². The number of aliphatic imine (C=N–C) groups is 1. The molecule has 0 aliphatic rings. The third-order valence-corrected chi connectivity index (χ3v) is 9.48. The monoisotopic (exact) mass is 610 g/mol. The molecule has 0 saturated heterocycles. The first-order chi connectivity index (χ1) is 17.9. The van der Waals surface area contributed by atoms with Gasteiger partial charge in [0.25, 0.3) is 0 Å². The van der Waals surface area contributed by atoms with Crippen LogP contribution in [0.25, 0.3) is 0 Å². The summed E-state index contributed by atoms with van der Waals surface area (Å²) in [6, 6.07) is 13.5. The fourth-order valence-electron chi connectivity index (χ4n) is 4.90. The second kappa shape index (κ2) is 13.4. The molecule has 0 aliphatic heterocycles. The molecule has 2 radical (unpaired) electrons. The Morgan fingerprint density at radius 3 is 1.38 bits per heavy atom. The molecule has 0 amide bonds. The van der Waals surface area contributed by atoms with Crippen LogP contribution in [0.5, 0.6) is 0 Å². The van der Waals surface area contributed by atoms with Crippen molar-refractivity contribution < 1.29 is 0 Å². The Morgan fingerprint density at radius 1 is 0.692 bits per heavy atom. The molecule has 2 aromatic rings. The molecule has 0 fully saturated rings. The molecular weight excluding hydrogens is 556 g/mol. The van der Waals surface area contributed by atoms with Crippen LogP contribution in [0.3, 0.4) is 0 Å². The number of hydrogen-bond acceptors (Lipinski definition) is 2. The van der Waals surface area contributed by atoms with E-state index in [1.165, 1.54) is 33.6 Å². The summed E-state index contributed by atoms with van der Waals surface area (Å²) in [7, 11) is 7.02. The zero-order valence-corrected chi connectivity index (χ0v) is 30.0. The SMILES string of the molecule is CC(C)c1cccc(C(C)C)c1N=C(/C=C(/[N]([Ge][Cl])c1c(C(C)C)cccc1C(C)C)C(C)(C)C)C(C)(C)C. The van der Waals surface area contributed by atoms with Crippen LogP contribution < -0.4 is 3.86 Å². The van der Waals surface area contributed by atoms with Gasteiger partial charge >= 0.3 is 253 Å². The topological polar surface area (TPSA) is 15.6 Å². The number of allylic oxidation sites excluding steroid dienone is 2. The molecule has 2 nitrogen and oxygen atoms in total. The molecule has 214 valence electrons. The van der Waals surface area contributed by atoms with Crippen molar-refractivity contribution in [1.82, 2.24) is 0 Å². The standard InChI is InChI=1S/C35H53ClGeN2/c1-22(2)26-17-15-18-27(23(3)4)32(26)38-30(34(9,10)11)21-31(35(12,13)14)39(37-36)33-28(24(5)6)19-16-20-29(33)25(7)8/h15-25H,1-14H3/b31-21+,38-30?. The molecule has 0 atom stereocenters. The molecule has 0 N–H and O–H groups in total. The van der Waals surface area contributed by atoms with Crippen LogP contribution in [0.4, 0.5) is 11.4 Å². The molecule has 0 saturated carbocycles. The van der Waals surface area contributed by atoms with Gasteiger partial charge in [-0.15, -0.1) is 0 Å². The Morgan fingerprint density at radius 2 is 1.08 bits per heavy atom. The number of halogens is 1. The first-order valence-corrected chi connectivity index (χ1v) is 18.3. The fourth-order valence-corrected chi connectivity index (χ4v) is 7.56. The molecule has 0 bridgehead atoms. The van der Waals surface area contributed by atoms with Crippen LogP contribution in [0.1, 0.15) is 143 Å². The van der Waals surface area contributed by atoms with Crippen LogP contribution in [-0.4, -0.2) is 20.4 Å². The van der Waals surface area contributed by atoms with Crippen molar-refractivity contribution in [3.63, 3.8) is 0 Å². The number of para-hydroxylation sites is 2. The van der Waals surface area contributed by atoms with Crippen LogP contribution in [0, 0.1) is 10.8 Å². The second-order valence-electron chi connectivity index (χ2n) is 14.1. The molecule has 0 heterocycles. The van der Waals surface area contributed by atoms with Gasteiger partial charge in [-0.3, -0.25) is 0 Å². The first kappa shape index (κ1) is 33.7. The van der Waals surface area contributed by atoms with Crippen molar-refractivity contribution in [2.45, 2.75) is 121 Å². The average molecular weight is 610 g/mol. The van der Waals surface area contributed by atoms with E-state index in [2.05, 4.69) is 143 Å². The minimum absolute atomic E-state index is 0.124. The van der Waals surface area contributed by atoms with Gasteiger partial charge in [-0.25, -0.2) is 0 Å². The van der Waals surface area contributed by atoms with Crippen molar-refractivity contribution in [1.29, 1.82) is 0 Å². The Kier molecular flexibility index (Phi) is 11.6. The number of benzene rings is 2. The Bertz CT molecular complexity index is 1120. The maximum absolute atomic E-state index is 7.02. The summed E-state index contributed by atoms with van der Waals surface area (Å²) in [5.74, 6) is 1.60. The minimum atomic E-state index is -0.971. The summed E-state index contributed by atoms with van der Waals surface area (Å²) in [4.78, 5) is 5.54. The fraction of sp³-hybridized carbons (Fsp3) is 0.571. The van der Waals surface area contributed by atoms with Gasteiger partial charge in [0.05, 0.1) is 0 Å². The van der Waals surface area contributed by atoms with E-state index in [9.17, 15) is 0 Å². The van der Waals surface area contributed by atoms with Gasteiger partial charge in [0, 0.05) is 0 Å². The van der Waals surface area contributed by atoms with Crippen molar-refractivity contribution in [2.24, 2.45) is 15.8 Å². The summed E-state index contributed by atoms with van der Waals surface area (Å²) in [5.41, 5.74) is 9.85. The van der Waals surface area contributed by atoms with E-state index in [4.69, 9.17) is 15.0 Å². The van der Waals surface area contributed by atoms with Crippen LogP contribution in [0.15, 0.2) is 53.2 Å². The molecule has 0 aliphatic carbocycles. The third kappa shape index (κ3) is 8.26. The zero-order valence-electron chi connectivity index (χ0n) is 27.1. The van der Waals surface area contributed by atoms with E-state index in [-0.39, 0.29) is 10.8 Å². The molecule has 4 heteroatoms. The van der Waals surface area contributed by atoms with Crippen LogP contribution >= 0.6 is 10.0 Å². The van der Waals surface area contributed by atoms with Gasteiger partial charge < -0.3 is 0 Å². The normalized spacial score (nSPS) is 13.8. The summed E-state index contributed by atoms with van der Waals surface area (Å²) >= 11 is -0.971. The number of hydrogen-bond donors (Lipinski definition) is 0. The van der Waals surface area contributed by atoms with E-state index in [0.717, 1.165) is 11.4 Å². The Hall–Kier alpha value is -1.52. The second-order valence-corrected chi connectivity index (χ2v) is 16.3. The van der Waals surface area contributed by atoms with Crippen molar-refractivity contribution in [3.05, 3.63) is 70.4 Å². The summed E-state index contributed by atoms with van der Waals surface area (Å²) in [6.45, 7) is 32.0.